The normalized spacial score (nSPS) is 20.3. The zero-order chi connectivity index (χ0) is 19.3. The molecule has 1 unspecified atom stereocenters. The lowest BCUT2D eigenvalue weighted by molar-refractivity contribution is 0.0261. The number of amides is 2. The third-order valence-corrected chi connectivity index (χ3v) is 6.21. The van der Waals surface area contributed by atoms with Gasteiger partial charge in [0, 0.05) is 43.5 Å². The monoisotopic (exact) mass is 399 g/mol. The van der Waals surface area contributed by atoms with Gasteiger partial charge < -0.3 is 15.0 Å². The quantitative estimate of drug-likeness (QED) is 0.840. The Labute approximate surface area is 169 Å². The lowest BCUT2D eigenvalue weighted by Crippen LogP contribution is -2.46. The summed E-state index contributed by atoms with van der Waals surface area (Å²) >= 11 is 1.40. The van der Waals surface area contributed by atoms with E-state index in [4.69, 9.17) is 4.74 Å². The van der Waals surface area contributed by atoms with Crippen LogP contribution in [0.3, 0.4) is 0 Å². The van der Waals surface area contributed by atoms with Crippen LogP contribution >= 0.6 is 11.3 Å². The summed E-state index contributed by atoms with van der Waals surface area (Å²) in [6.45, 7) is 5.17. The Bertz CT molecular complexity index is 801. The number of carbonyl (C=O) groups is 2. The summed E-state index contributed by atoms with van der Waals surface area (Å²) < 4.78 is 5.42. The number of carbonyl (C=O) groups excluding carboxylic acids is 2. The van der Waals surface area contributed by atoms with Crippen LogP contribution in [0.5, 0.6) is 0 Å². The van der Waals surface area contributed by atoms with Crippen molar-refractivity contribution in [1.82, 2.24) is 9.80 Å². The van der Waals surface area contributed by atoms with Crippen LogP contribution in [-0.2, 0) is 4.74 Å². The van der Waals surface area contributed by atoms with E-state index in [1.165, 1.54) is 11.3 Å². The van der Waals surface area contributed by atoms with Gasteiger partial charge in [-0.25, -0.2) is 0 Å². The van der Waals surface area contributed by atoms with Gasteiger partial charge in [0.05, 0.1) is 18.1 Å². The molecule has 28 heavy (non-hydrogen) atoms. The van der Waals surface area contributed by atoms with Gasteiger partial charge in [-0.2, -0.15) is 0 Å². The molecule has 6 nitrogen and oxygen atoms in total. The van der Waals surface area contributed by atoms with Crippen molar-refractivity contribution in [3.05, 3.63) is 52.2 Å². The molecule has 4 rings (SSSR count). The number of anilines is 1. The summed E-state index contributed by atoms with van der Waals surface area (Å²) in [6.07, 6.45) is 2.10. The average molecular weight is 400 g/mol. The summed E-state index contributed by atoms with van der Waals surface area (Å²) in [5, 5.41) is 4.75. The first kappa shape index (κ1) is 19.1. The van der Waals surface area contributed by atoms with Crippen LogP contribution in [-0.4, -0.2) is 67.0 Å². The van der Waals surface area contributed by atoms with Gasteiger partial charge in [-0.05, 0) is 48.6 Å². The minimum absolute atomic E-state index is 0.0758. The van der Waals surface area contributed by atoms with Crippen molar-refractivity contribution < 1.29 is 14.3 Å². The maximum absolute atomic E-state index is 13.0. The number of hydrogen-bond acceptors (Lipinski definition) is 5. The van der Waals surface area contributed by atoms with Crippen molar-refractivity contribution in [2.24, 2.45) is 0 Å². The van der Waals surface area contributed by atoms with Crippen molar-refractivity contribution >= 4 is 28.8 Å². The average Bonchev–Trinajstić information content (AvgIpc) is 3.41. The van der Waals surface area contributed by atoms with Gasteiger partial charge in [-0.15, -0.1) is 11.3 Å². The zero-order valence-electron chi connectivity index (χ0n) is 15.8. The van der Waals surface area contributed by atoms with E-state index in [9.17, 15) is 9.59 Å². The lowest BCUT2D eigenvalue weighted by atomic mass is 10.1. The molecule has 0 radical (unpaired) electrons. The first-order valence-corrected chi connectivity index (χ1v) is 10.6. The van der Waals surface area contributed by atoms with Gasteiger partial charge in [0.2, 0.25) is 0 Å². The van der Waals surface area contributed by atoms with E-state index in [1.807, 2.05) is 16.3 Å². The maximum Gasteiger partial charge on any atom is 0.265 e. The van der Waals surface area contributed by atoms with Crippen LogP contribution in [0.4, 0.5) is 5.69 Å². The topological polar surface area (TPSA) is 61.9 Å². The molecule has 2 aromatic rings. The molecule has 2 amide bonds. The molecule has 1 atom stereocenters. The van der Waals surface area contributed by atoms with E-state index in [2.05, 4.69) is 10.2 Å². The molecule has 0 aliphatic carbocycles. The number of morpholine rings is 1. The van der Waals surface area contributed by atoms with Crippen LogP contribution in [0, 0.1) is 0 Å². The molecule has 0 saturated carbocycles. The van der Waals surface area contributed by atoms with Gasteiger partial charge in [0.15, 0.2) is 0 Å². The van der Waals surface area contributed by atoms with E-state index < -0.39 is 0 Å². The Balaban J connectivity index is 1.37. The van der Waals surface area contributed by atoms with E-state index >= 15 is 0 Å². The zero-order valence-corrected chi connectivity index (χ0v) is 16.6. The van der Waals surface area contributed by atoms with Crippen LogP contribution in [0.1, 0.15) is 32.9 Å². The summed E-state index contributed by atoms with van der Waals surface area (Å²) in [6, 6.07) is 11.1. The van der Waals surface area contributed by atoms with Crippen LogP contribution in [0.25, 0.3) is 0 Å². The number of benzene rings is 1. The Morgan fingerprint density at radius 2 is 1.89 bits per heavy atom. The van der Waals surface area contributed by atoms with Crippen molar-refractivity contribution in [3.8, 4) is 0 Å². The highest BCUT2D eigenvalue weighted by atomic mass is 32.1. The van der Waals surface area contributed by atoms with Gasteiger partial charge in [0.25, 0.3) is 11.8 Å². The van der Waals surface area contributed by atoms with Crippen LogP contribution in [0.2, 0.25) is 0 Å². The second-order valence-electron chi connectivity index (χ2n) is 7.22. The van der Waals surface area contributed by atoms with Gasteiger partial charge in [-0.3, -0.25) is 14.5 Å². The van der Waals surface area contributed by atoms with Crippen molar-refractivity contribution in [2.75, 3.05) is 44.7 Å². The van der Waals surface area contributed by atoms with Gasteiger partial charge in [0.1, 0.15) is 0 Å². The van der Waals surface area contributed by atoms with Crippen molar-refractivity contribution in [3.63, 3.8) is 0 Å². The minimum atomic E-state index is -0.126. The summed E-state index contributed by atoms with van der Waals surface area (Å²) in [5.41, 5.74) is 1.37. The summed E-state index contributed by atoms with van der Waals surface area (Å²) in [5.74, 6) is -0.0499. The fourth-order valence-electron chi connectivity index (χ4n) is 3.84. The van der Waals surface area contributed by atoms with E-state index in [-0.39, 0.29) is 17.9 Å². The first-order chi connectivity index (χ1) is 13.7. The second-order valence-corrected chi connectivity index (χ2v) is 8.16. The molecular formula is C21H25N3O3S. The minimum Gasteiger partial charge on any atom is -0.379 e. The van der Waals surface area contributed by atoms with E-state index in [0.717, 1.165) is 52.2 Å². The molecule has 1 aromatic heterocycles. The molecule has 2 fully saturated rings. The van der Waals surface area contributed by atoms with E-state index in [0.29, 0.717) is 16.1 Å². The Hall–Kier alpha value is -2.22. The number of rotatable bonds is 5. The first-order valence-electron chi connectivity index (χ1n) is 9.77. The smallest absolute Gasteiger partial charge is 0.265 e. The summed E-state index contributed by atoms with van der Waals surface area (Å²) in [4.78, 5) is 30.2. The molecule has 0 bridgehead atoms. The largest absolute Gasteiger partial charge is 0.379 e. The predicted molar refractivity (Wildman–Crippen MR) is 110 cm³/mol. The number of nitrogens with zero attached hydrogens (tertiary/aromatic N) is 2. The third kappa shape index (κ3) is 4.43. The molecular weight excluding hydrogens is 374 g/mol. The number of ether oxygens (including phenoxy) is 1. The molecule has 0 spiro atoms. The second kappa shape index (κ2) is 8.86. The number of likely N-dealkylation sites (tertiary alicyclic amines) is 1. The molecule has 148 valence electrons. The highest BCUT2D eigenvalue weighted by Crippen LogP contribution is 2.22. The predicted octanol–water partition coefficient (Wildman–Crippen LogP) is 2.94. The maximum atomic E-state index is 13.0. The number of thiophene rings is 1. The molecule has 1 N–H and O–H groups in total. The number of hydrogen-bond donors (Lipinski definition) is 1. The Morgan fingerprint density at radius 3 is 2.61 bits per heavy atom. The molecule has 2 saturated heterocycles. The number of nitrogens with one attached hydrogen (secondary N) is 1. The van der Waals surface area contributed by atoms with Crippen LogP contribution in [0.15, 0.2) is 41.8 Å². The Kier molecular flexibility index (Phi) is 6.04. The van der Waals surface area contributed by atoms with Crippen molar-refractivity contribution in [2.45, 2.75) is 18.9 Å². The molecule has 2 aliphatic heterocycles. The fourth-order valence-corrected chi connectivity index (χ4v) is 4.46. The van der Waals surface area contributed by atoms with Gasteiger partial charge in [-0.1, -0.05) is 6.07 Å². The van der Waals surface area contributed by atoms with Crippen LogP contribution < -0.4 is 5.32 Å². The fraction of sp³-hybridized carbons (Fsp3) is 0.429. The SMILES string of the molecule is O=C(Nc1ccc(C(=O)N2CCCC2CN2CCOCC2)cc1)c1cccs1. The Morgan fingerprint density at radius 1 is 1.11 bits per heavy atom. The molecule has 2 aliphatic rings. The third-order valence-electron chi connectivity index (χ3n) is 5.35. The standard InChI is InChI=1S/C21H25N3O3S/c25-20(19-4-2-14-28-19)22-17-7-5-16(6-8-17)21(26)24-9-1-3-18(24)15-23-10-12-27-13-11-23/h2,4-8,14,18H,1,3,9-13,15H2,(H,22,25). The summed E-state index contributed by atoms with van der Waals surface area (Å²) in [7, 11) is 0. The molecule has 3 heterocycles. The molecule has 1 aromatic carbocycles. The van der Waals surface area contributed by atoms with Crippen molar-refractivity contribution in [1.29, 1.82) is 0 Å². The van der Waals surface area contributed by atoms with Gasteiger partial charge >= 0.3 is 0 Å². The lowest BCUT2D eigenvalue weighted by Gasteiger charge is -2.33. The highest BCUT2D eigenvalue weighted by molar-refractivity contribution is 7.12. The molecule has 7 heteroatoms. The van der Waals surface area contributed by atoms with E-state index in [1.54, 1.807) is 30.3 Å². The highest BCUT2D eigenvalue weighted by Gasteiger charge is 2.31.